The molecule has 1 aromatic rings. The predicted molar refractivity (Wildman–Crippen MR) is 98.1 cm³/mol. The van der Waals surface area contributed by atoms with Crippen molar-refractivity contribution in [1.29, 1.82) is 0 Å². The van der Waals surface area contributed by atoms with Gasteiger partial charge in [-0.3, -0.25) is 4.79 Å². The number of nitrogens with two attached hydrogens (primary N) is 1. The van der Waals surface area contributed by atoms with Gasteiger partial charge in [0.15, 0.2) is 5.96 Å². The van der Waals surface area contributed by atoms with Crippen LogP contribution in [0.25, 0.3) is 0 Å². The van der Waals surface area contributed by atoms with Crippen molar-refractivity contribution in [1.82, 2.24) is 10.6 Å². The summed E-state index contributed by atoms with van der Waals surface area (Å²) in [7, 11) is 0. The molecule has 1 amide bonds. The smallest absolute Gasteiger partial charge is 0.251 e. The molecule has 6 heteroatoms. The van der Waals surface area contributed by atoms with E-state index in [1.807, 2.05) is 25.1 Å². The van der Waals surface area contributed by atoms with E-state index in [0.29, 0.717) is 24.6 Å². The molecule has 0 fully saturated rings. The topological polar surface area (TPSA) is 79.5 Å². The van der Waals surface area contributed by atoms with Gasteiger partial charge in [0.1, 0.15) is 0 Å². The molecule has 0 spiro atoms. The molecule has 0 aromatic heterocycles. The highest BCUT2D eigenvalue weighted by atomic mass is 127. The zero-order valence-corrected chi connectivity index (χ0v) is 15.0. The second-order valence-corrected chi connectivity index (χ2v) is 4.54. The molecular formula is C15H25IN4O. The minimum absolute atomic E-state index is 0. The van der Waals surface area contributed by atoms with Gasteiger partial charge in [0, 0.05) is 18.7 Å². The molecule has 4 N–H and O–H groups in total. The van der Waals surface area contributed by atoms with Crippen LogP contribution in [0.4, 0.5) is 0 Å². The van der Waals surface area contributed by atoms with Crippen molar-refractivity contribution in [2.45, 2.75) is 33.2 Å². The van der Waals surface area contributed by atoms with Crippen molar-refractivity contribution in [3.63, 3.8) is 0 Å². The molecule has 0 unspecified atom stereocenters. The summed E-state index contributed by atoms with van der Waals surface area (Å²) >= 11 is 0. The SMILES string of the molecule is CCCCNC(N)=NCc1cccc(C(=O)NCC)c1.I. The Labute approximate surface area is 143 Å². The van der Waals surface area contributed by atoms with E-state index in [9.17, 15) is 4.79 Å². The second kappa shape index (κ2) is 11.4. The maximum Gasteiger partial charge on any atom is 0.251 e. The molecule has 0 saturated carbocycles. The Kier molecular flexibility index (Phi) is 10.7. The Balaban J connectivity index is 0.00000400. The summed E-state index contributed by atoms with van der Waals surface area (Å²) in [6, 6.07) is 7.43. The van der Waals surface area contributed by atoms with E-state index in [-0.39, 0.29) is 29.9 Å². The van der Waals surface area contributed by atoms with Gasteiger partial charge in [-0.05, 0) is 31.0 Å². The fourth-order valence-corrected chi connectivity index (χ4v) is 1.70. The van der Waals surface area contributed by atoms with E-state index in [0.717, 1.165) is 24.9 Å². The number of unbranched alkanes of at least 4 members (excludes halogenated alkanes) is 1. The molecule has 0 radical (unpaired) electrons. The van der Waals surface area contributed by atoms with Gasteiger partial charge in [0.2, 0.25) is 0 Å². The van der Waals surface area contributed by atoms with E-state index in [1.54, 1.807) is 6.07 Å². The lowest BCUT2D eigenvalue weighted by Gasteiger charge is -2.06. The standard InChI is InChI=1S/C15H24N4O.HI/c1-3-5-9-18-15(16)19-11-12-7-6-8-13(10-12)14(20)17-4-2;/h6-8,10H,3-5,9,11H2,1-2H3,(H,17,20)(H3,16,18,19);1H. The third-order valence-electron chi connectivity index (χ3n) is 2.79. The zero-order chi connectivity index (χ0) is 14.8. The Bertz CT molecular complexity index is 463. The van der Waals surface area contributed by atoms with Gasteiger partial charge < -0.3 is 16.4 Å². The van der Waals surface area contributed by atoms with Crippen LogP contribution in [0, 0.1) is 0 Å². The van der Waals surface area contributed by atoms with Crippen LogP contribution in [0.5, 0.6) is 0 Å². The number of nitrogens with zero attached hydrogens (tertiary/aromatic N) is 1. The maximum absolute atomic E-state index is 11.7. The van der Waals surface area contributed by atoms with Crippen LogP contribution in [0.3, 0.4) is 0 Å². The summed E-state index contributed by atoms with van der Waals surface area (Å²) in [6.45, 7) is 5.95. The maximum atomic E-state index is 11.7. The molecule has 0 saturated heterocycles. The van der Waals surface area contributed by atoms with Crippen molar-refractivity contribution in [2.24, 2.45) is 10.7 Å². The van der Waals surface area contributed by atoms with Crippen LogP contribution in [-0.2, 0) is 6.54 Å². The summed E-state index contributed by atoms with van der Waals surface area (Å²) < 4.78 is 0. The number of benzene rings is 1. The molecule has 0 aliphatic carbocycles. The number of carbonyl (C=O) groups excluding carboxylic acids is 1. The number of nitrogens with one attached hydrogen (secondary N) is 2. The van der Waals surface area contributed by atoms with Crippen LogP contribution in [0.2, 0.25) is 0 Å². The number of carbonyl (C=O) groups is 1. The van der Waals surface area contributed by atoms with Crippen molar-refractivity contribution < 1.29 is 4.79 Å². The lowest BCUT2D eigenvalue weighted by molar-refractivity contribution is 0.0955. The van der Waals surface area contributed by atoms with Gasteiger partial charge in [0.05, 0.1) is 6.54 Å². The highest BCUT2D eigenvalue weighted by Crippen LogP contribution is 2.06. The highest BCUT2D eigenvalue weighted by molar-refractivity contribution is 14.0. The van der Waals surface area contributed by atoms with E-state index in [2.05, 4.69) is 22.5 Å². The average Bonchev–Trinajstić information content (AvgIpc) is 2.46. The van der Waals surface area contributed by atoms with Gasteiger partial charge in [0.25, 0.3) is 5.91 Å². The Morgan fingerprint density at radius 1 is 1.29 bits per heavy atom. The van der Waals surface area contributed by atoms with Crippen molar-refractivity contribution >= 4 is 35.8 Å². The number of hydrogen-bond donors (Lipinski definition) is 3. The minimum Gasteiger partial charge on any atom is -0.370 e. The molecule has 21 heavy (non-hydrogen) atoms. The van der Waals surface area contributed by atoms with E-state index in [4.69, 9.17) is 5.73 Å². The minimum atomic E-state index is -0.0626. The molecule has 1 aromatic carbocycles. The molecule has 0 heterocycles. The fraction of sp³-hybridized carbons (Fsp3) is 0.467. The number of amides is 1. The number of halogens is 1. The van der Waals surface area contributed by atoms with Gasteiger partial charge in [-0.15, -0.1) is 24.0 Å². The first kappa shape index (κ1) is 19.7. The monoisotopic (exact) mass is 404 g/mol. The quantitative estimate of drug-likeness (QED) is 0.282. The molecular weight excluding hydrogens is 379 g/mol. The largest absolute Gasteiger partial charge is 0.370 e. The number of hydrogen-bond acceptors (Lipinski definition) is 2. The van der Waals surface area contributed by atoms with Crippen LogP contribution in [0.1, 0.15) is 42.6 Å². The Hall–Kier alpha value is -1.31. The van der Waals surface area contributed by atoms with Gasteiger partial charge in [-0.1, -0.05) is 25.5 Å². The fourth-order valence-electron chi connectivity index (χ4n) is 1.70. The van der Waals surface area contributed by atoms with E-state index >= 15 is 0 Å². The van der Waals surface area contributed by atoms with E-state index in [1.165, 1.54) is 0 Å². The summed E-state index contributed by atoms with van der Waals surface area (Å²) in [5, 5.41) is 5.84. The van der Waals surface area contributed by atoms with Crippen LogP contribution in [0.15, 0.2) is 29.3 Å². The lowest BCUT2D eigenvalue weighted by atomic mass is 10.1. The van der Waals surface area contributed by atoms with Crippen LogP contribution < -0.4 is 16.4 Å². The number of guanidine groups is 1. The second-order valence-electron chi connectivity index (χ2n) is 4.54. The lowest BCUT2D eigenvalue weighted by Crippen LogP contribution is -2.32. The Morgan fingerprint density at radius 3 is 2.71 bits per heavy atom. The molecule has 0 aliphatic rings. The van der Waals surface area contributed by atoms with Crippen molar-refractivity contribution in [3.8, 4) is 0 Å². The predicted octanol–water partition coefficient (Wildman–Crippen LogP) is 2.26. The Morgan fingerprint density at radius 2 is 2.05 bits per heavy atom. The number of rotatable bonds is 7. The van der Waals surface area contributed by atoms with Gasteiger partial charge in [-0.2, -0.15) is 0 Å². The first-order valence-corrected chi connectivity index (χ1v) is 7.08. The van der Waals surface area contributed by atoms with E-state index < -0.39 is 0 Å². The summed E-state index contributed by atoms with van der Waals surface area (Å²) in [4.78, 5) is 16.0. The third kappa shape index (κ3) is 7.89. The van der Waals surface area contributed by atoms with Gasteiger partial charge in [-0.25, -0.2) is 4.99 Å². The molecule has 5 nitrogen and oxygen atoms in total. The summed E-state index contributed by atoms with van der Waals surface area (Å²) in [5.41, 5.74) is 7.38. The zero-order valence-electron chi connectivity index (χ0n) is 12.7. The van der Waals surface area contributed by atoms with Crippen LogP contribution in [-0.4, -0.2) is 25.0 Å². The van der Waals surface area contributed by atoms with Gasteiger partial charge >= 0.3 is 0 Å². The molecule has 118 valence electrons. The van der Waals surface area contributed by atoms with Crippen LogP contribution >= 0.6 is 24.0 Å². The molecule has 0 atom stereocenters. The van der Waals surface area contributed by atoms with Crippen molar-refractivity contribution in [2.75, 3.05) is 13.1 Å². The summed E-state index contributed by atoms with van der Waals surface area (Å²) in [5.74, 6) is 0.384. The first-order chi connectivity index (χ1) is 9.67. The summed E-state index contributed by atoms with van der Waals surface area (Å²) in [6.07, 6.45) is 2.19. The average molecular weight is 404 g/mol. The molecule has 0 aliphatic heterocycles. The van der Waals surface area contributed by atoms with Crippen molar-refractivity contribution in [3.05, 3.63) is 35.4 Å². The molecule has 1 rings (SSSR count). The number of aliphatic imine (C=N–C) groups is 1. The highest BCUT2D eigenvalue weighted by Gasteiger charge is 2.04. The normalized spacial score (nSPS) is 10.7. The first-order valence-electron chi connectivity index (χ1n) is 7.08. The molecule has 0 bridgehead atoms. The third-order valence-corrected chi connectivity index (χ3v) is 2.79.